The Bertz CT molecular complexity index is 106. The van der Waals surface area contributed by atoms with Gasteiger partial charge in [-0.25, -0.2) is 0 Å². The molecule has 1 unspecified atom stereocenters. The van der Waals surface area contributed by atoms with Crippen molar-refractivity contribution >= 4 is 11.8 Å². The number of thioether (sulfide) groups is 1. The van der Waals surface area contributed by atoms with Gasteiger partial charge < -0.3 is 5.32 Å². The molecular weight excluding hydrogens is 190 g/mol. The summed E-state index contributed by atoms with van der Waals surface area (Å²) >= 11 is 1.96. The quantitative estimate of drug-likeness (QED) is 0.560. The number of rotatable bonds is 10. The first-order valence-electron chi connectivity index (χ1n) is 6.03. The zero-order valence-electron chi connectivity index (χ0n) is 10.1. The Balaban J connectivity index is 2.98. The highest BCUT2D eigenvalue weighted by molar-refractivity contribution is 7.98. The van der Waals surface area contributed by atoms with Crippen LogP contribution in [0.2, 0.25) is 0 Å². The van der Waals surface area contributed by atoms with E-state index < -0.39 is 0 Å². The van der Waals surface area contributed by atoms with Crippen LogP contribution >= 0.6 is 11.8 Å². The van der Waals surface area contributed by atoms with Crippen molar-refractivity contribution in [3.63, 3.8) is 0 Å². The summed E-state index contributed by atoms with van der Waals surface area (Å²) < 4.78 is 0. The number of unbranched alkanes of at least 4 members (excludes halogenated alkanes) is 3. The standard InChI is InChI=1S/C12H27NS/c1-4-9-12(2)13-10-7-5-6-8-11-14-3/h12-13H,4-11H2,1-3H3. The van der Waals surface area contributed by atoms with Crippen LogP contribution in [-0.4, -0.2) is 24.6 Å². The van der Waals surface area contributed by atoms with Crippen molar-refractivity contribution in [1.82, 2.24) is 5.32 Å². The average molecular weight is 217 g/mol. The lowest BCUT2D eigenvalue weighted by Gasteiger charge is -2.11. The molecule has 1 atom stereocenters. The topological polar surface area (TPSA) is 12.0 Å². The van der Waals surface area contributed by atoms with Crippen LogP contribution in [0.25, 0.3) is 0 Å². The van der Waals surface area contributed by atoms with E-state index in [0.29, 0.717) is 6.04 Å². The molecule has 0 amide bonds. The minimum Gasteiger partial charge on any atom is -0.314 e. The van der Waals surface area contributed by atoms with Crippen molar-refractivity contribution in [2.24, 2.45) is 0 Å². The fourth-order valence-corrected chi connectivity index (χ4v) is 2.10. The normalized spacial score (nSPS) is 13.1. The second-order valence-electron chi connectivity index (χ2n) is 4.05. The summed E-state index contributed by atoms with van der Waals surface area (Å²) in [4.78, 5) is 0. The van der Waals surface area contributed by atoms with Gasteiger partial charge >= 0.3 is 0 Å². The van der Waals surface area contributed by atoms with E-state index in [2.05, 4.69) is 25.4 Å². The van der Waals surface area contributed by atoms with Gasteiger partial charge in [0, 0.05) is 6.04 Å². The van der Waals surface area contributed by atoms with Gasteiger partial charge in [0.1, 0.15) is 0 Å². The Morgan fingerprint density at radius 2 is 1.86 bits per heavy atom. The maximum Gasteiger partial charge on any atom is 0.00386 e. The van der Waals surface area contributed by atoms with Gasteiger partial charge in [0.15, 0.2) is 0 Å². The van der Waals surface area contributed by atoms with Gasteiger partial charge in [0.05, 0.1) is 0 Å². The molecule has 0 bridgehead atoms. The molecule has 0 rings (SSSR count). The minimum atomic E-state index is 0.714. The maximum absolute atomic E-state index is 3.57. The van der Waals surface area contributed by atoms with Gasteiger partial charge in [-0.2, -0.15) is 11.8 Å². The van der Waals surface area contributed by atoms with Gasteiger partial charge in [0.2, 0.25) is 0 Å². The van der Waals surface area contributed by atoms with Crippen LogP contribution in [0.5, 0.6) is 0 Å². The van der Waals surface area contributed by atoms with E-state index in [1.54, 1.807) is 0 Å². The minimum absolute atomic E-state index is 0.714. The lowest BCUT2D eigenvalue weighted by Crippen LogP contribution is -2.26. The summed E-state index contributed by atoms with van der Waals surface area (Å²) in [6.45, 7) is 5.75. The van der Waals surface area contributed by atoms with E-state index in [4.69, 9.17) is 0 Å². The summed E-state index contributed by atoms with van der Waals surface area (Å²) in [7, 11) is 0. The first-order valence-corrected chi connectivity index (χ1v) is 7.43. The number of nitrogens with one attached hydrogen (secondary N) is 1. The van der Waals surface area contributed by atoms with Crippen LogP contribution in [-0.2, 0) is 0 Å². The third-order valence-electron chi connectivity index (χ3n) is 2.49. The average Bonchev–Trinajstić information content (AvgIpc) is 2.17. The van der Waals surface area contributed by atoms with Crippen LogP contribution in [0.15, 0.2) is 0 Å². The largest absolute Gasteiger partial charge is 0.314 e. The SMILES string of the molecule is CCCC(C)NCCCCCCSC. The fourth-order valence-electron chi connectivity index (χ4n) is 1.61. The maximum atomic E-state index is 3.57. The fraction of sp³-hybridized carbons (Fsp3) is 1.00. The highest BCUT2D eigenvalue weighted by atomic mass is 32.2. The third-order valence-corrected chi connectivity index (χ3v) is 3.19. The molecule has 1 N–H and O–H groups in total. The van der Waals surface area contributed by atoms with E-state index in [1.807, 2.05) is 11.8 Å². The first kappa shape index (κ1) is 14.3. The molecule has 0 aromatic heterocycles. The highest BCUT2D eigenvalue weighted by Gasteiger charge is 1.97. The Morgan fingerprint density at radius 1 is 1.14 bits per heavy atom. The van der Waals surface area contributed by atoms with E-state index in [0.717, 1.165) is 0 Å². The zero-order valence-corrected chi connectivity index (χ0v) is 11.0. The predicted molar refractivity (Wildman–Crippen MR) is 69.2 cm³/mol. The lowest BCUT2D eigenvalue weighted by atomic mass is 10.1. The molecule has 0 aliphatic rings. The Morgan fingerprint density at radius 3 is 2.50 bits per heavy atom. The molecule has 14 heavy (non-hydrogen) atoms. The van der Waals surface area contributed by atoms with Crippen LogP contribution < -0.4 is 5.32 Å². The number of hydrogen-bond acceptors (Lipinski definition) is 2. The van der Waals surface area contributed by atoms with Gasteiger partial charge in [-0.1, -0.05) is 26.2 Å². The molecule has 0 fully saturated rings. The smallest absolute Gasteiger partial charge is 0.00386 e. The number of hydrogen-bond donors (Lipinski definition) is 1. The summed E-state index contributed by atoms with van der Waals surface area (Å²) in [5.74, 6) is 1.33. The van der Waals surface area contributed by atoms with E-state index >= 15 is 0 Å². The highest BCUT2D eigenvalue weighted by Crippen LogP contribution is 2.04. The molecule has 2 heteroatoms. The zero-order chi connectivity index (χ0) is 10.6. The molecular formula is C12H27NS. The Hall–Kier alpha value is 0.310. The van der Waals surface area contributed by atoms with Crippen LogP contribution in [0, 0.1) is 0 Å². The van der Waals surface area contributed by atoms with Crippen molar-refractivity contribution in [2.75, 3.05) is 18.6 Å². The second kappa shape index (κ2) is 11.4. The van der Waals surface area contributed by atoms with Gasteiger partial charge in [-0.15, -0.1) is 0 Å². The van der Waals surface area contributed by atoms with Crippen molar-refractivity contribution in [3.05, 3.63) is 0 Å². The summed E-state index contributed by atoms with van der Waals surface area (Å²) in [6, 6.07) is 0.714. The van der Waals surface area contributed by atoms with Crippen molar-refractivity contribution in [2.45, 2.75) is 58.4 Å². The molecule has 0 spiro atoms. The molecule has 0 aliphatic heterocycles. The lowest BCUT2D eigenvalue weighted by molar-refractivity contribution is 0.491. The van der Waals surface area contributed by atoms with Crippen LogP contribution in [0.3, 0.4) is 0 Å². The summed E-state index contributed by atoms with van der Waals surface area (Å²) in [6.07, 6.45) is 10.3. The van der Waals surface area contributed by atoms with Crippen molar-refractivity contribution < 1.29 is 0 Å². The van der Waals surface area contributed by atoms with Gasteiger partial charge in [-0.3, -0.25) is 0 Å². The summed E-state index contributed by atoms with van der Waals surface area (Å²) in [5, 5.41) is 3.57. The third kappa shape index (κ3) is 10.4. The molecule has 0 aromatic rings. The first-order chi connectivity index (χ1) is 6.81. The Labute approximate surface area is 94.4 Å². The molecule has 0 heterocycles. The van der Waals surface area contributed by atoms with Gasteiger partial charge in [0.25, 0.3) is 0 Å². The van der Waals surface area contributed by atoms with E-state index in [-0.39, 0.29) is 0 Å². The monoisotopic (exact) mass is 217 g/mol. The van der Waals surface area contributed by atoms with Crippen molar-refractivity contribution in [1.29, 1.82) is 0 Å². The molecule has 0 aliphatic carbocycles. The predicted octanol–water partition coefficient (Wildman–Crippen LogP) is 3.69. The van der Waals surface area contributed by atoms with E-state index in [1.165, 1.54) is 50.8 Å². The molecule has 0 aromatic carbocycles. The Kier molecular flexibility index (Phi) is 11.6. The van der Waals surface area contributed by atoms with Gasteiger partial charge in [-0.05, 0) is 44.7 Å². The van der Waals surface area contributed by atoms with Crippen molar-refractivity contribution in [3.8, 4) is 0 Å². The van der Waals surface area contributed by atoms with Crippen LogP contribution in [0.1, 0.15) is 52.4 Å². The molecule has 0 saturated carbocycles. The molecule has 0 radical (unpaired) electrons. The molecule has 86 valence electrons. The van der Waals surface area contributed by atoms with E-state index in [9.17, 15) is 0 Å². The second-order valence-corrected chi connectivity index (χ2v) is 5.04. The summed E-state index contributed by atoms with van der Waals surface area (Å²) in [5.41, 5.74) is 0. The van der Waals surface area contributed by atoms with Crippen LogP contribution in [0.4, 0.5) is 0 Å². The molecule has 0 saturated heterocycles. The molecule has 1 nitrogen and oxygen atoms in total.